The highest BCUT2D eigenvalue weighted by molar-refractivity contribution is 7.88. The van der Waals surface area contributed by atoms with Gasteiger partial charge < -0.3 is 14.5 Å². The molecular weight excluding hydrogens is 412 g/mol. The van der Waals surface area contributed by atoms with Crippen LogP contribution in [-0.2, 0) is 26.3 Å². The predicted molar refractivity (Wildman–Crippen MR) is 109 cm³/mol. The Morgan fingerprint density at radius 3 is 2.33 bits per heavy atom. The van der Waals surface area contributed by atoms with Crippen LogP contribution < -0.4 is 0 Å². The van der Waals surface area contributed by atoms with Crippen LogP contribution in [0, 0.1) is 6.92 Å². The molecule has 0 bridgehead atoms. The van der Waals surface area contributed by atoms with E-state index in [1.807, 2.05) is 6.92 Å². The zero-order valence-electron chi connectivity index (χ0n) is 17.5. The summed E-state index contributed by atoms with van der Waals surface area (Å²) >= 11 is 0. The van der Waals surface area contributed by atoms with Crippen molar-refractivity contribution >= 4 is 27.9 Å². The van der Waals surface area contributed by atoms with Crippen molar-refractivity contribution in [2.24, 2.45) is 4.40 Å². The number of hydrogen-bond donors (Lipinski definition) is 0. The average Bonchev–Trinajstić information content (AvgIpc) is 3.10. The number of carbonyl (C=O) groups is 2. The largest absolute Gasteiger partial charge is 0.450 e. The zero-order chi connectivity index (χ0) is 22.1. The van der Waals surface area contributed by atoms with E-state index in [0.717, 1.165) is 4.31 Å². The maximum atomic E-state index is 13.1. The maximum Gasteiger partial charge on any atom is 0.409 e. The van der Waals surface area contributed by atoms with Gasteiger partial charge in [0.15, 0.2) is 0 Å². The van der Waals surface area contributed by atoms with Crippen LogP contribution in [0.25, 0.3) is 0 Å². The molecule has 0 atom stereocenters. The van der Waals surface area contributed by atoms with Crippen molar-refractivity contribution in [2.75, 3.05) is 39.8 Å². The molecule has 0 spiro atoms. The lowest BCUT2D eigenvalue weighted by molar-refractivity contribution is -0.129. The Morgan fingerprint density at radius 1 is 1.13 bits per heavy atom. The molecule has 0 N–H and O–H groups in total. The number of aromatic nitrogens is 2. The molecule has 0 aromatic carbocycles. The van der Waals surface area contributed by atoms with Crippen molar-refractivity contribution in [2.45, 2.75) is 27.3 Å². The molecule has 1 saturated heterocycles. The van der Waals surface area contributed by atoms with Crippen molar-refractivity contribution in [3.05, 3.63) is 29.2 Å². The third-order valence-electron chi connectivity index (χ3n) is 5.03. The van der Waals surface area contributed by atoms with Crippen LogP contribution in [0.15, 0.2) is 22.4 Å². The van der Waals surface area contributed by atoms with E-state index >= 15 is 0 Å². The number of ether oxygens (including phenoxy) is 1. The molecule has 2 aliphatic heterocycles. The van der Waals surface area contributed by atoms with Crippen LogP contribution in [0.5, 0.6) is 0 Å². The minimum absolute atomic E-state index is 0.00762. The van der Waals surface area contributed by atoms with E-state index in [1.165, 1.54) is 22.9 Å². The zero-order valence-corrected chi connectivity index (χ0v) is 18.3. The molecule has 12 heteroatoms. The lowest BCUT2D eigenvalue weighted by Crippen LogP contribution is -2.52. The molecule has 30 heavy (non-hydrogen) atoms. The second-order valence-corrected chi connectivity index (χ2v) is 8.54. The topological polar surface area (TPSA) is 117 Å². The van der Waals surface area contributed by atoms with Gasteiger partial charge in [-0.25, -0.2) is 9.10 Å². The van der Waals surface area contributed by atoms with Gasteiger partial charge in [0.1, 0.15) is 5.70 Å². The Labute approximate surface area is 175 Å². The predicted octanol–water partition coefficient (Wildman–Crippen LogP) is 0.375. The second-order valence-electron chi connectivity index (χ2n) is 6.91. The highest BCUT2D eigenvalue weighted by atomic mass is 32.2. The van der Waals surface area contributed by atoms with Crippen LogP contribution in [0.2, 0.25) is 0 Å². The van der Waals surface area contributed by atoms with Crippen molar-refractivity contribution in [1.82, 2.24) is 23.9 Å². The summed E-state index contributed by atoms with van der Waals surface area (Å²) in [5.41, 5.74) is 1.37. The van der Waals surface area contributed by atoms with Gasteiger partial charge in [0, 0.05) is 51.5 Å². The number of carbonyl (C=O) groups excluding carboxylic acids is 2. The second kappa shape index (κ2) is 8.46. The highest BCUT2D eigenvalue weighted by Crippen LogP contribution is 2.23. The number of likely N-dealkylation sites (N-methyl/N-ethyl adjacent to an activating group) is 1. The fourth-order valence-electron chi connectivity index (χ4n) is 3.28. The van der Waals surface area contributed by atoms with Gasteiger partial charge in [-0.15, -0.1) is 4.40 Å². The van der Waals surface area contributed by atoms with E-state index in [-0.39, 0.29) is 31.1 Å². The summed E-state index contributed by atoms with van der Waals surface area (Å²) in [7, 11) is -2.75. The van der Waals surface area contributed by atoms with E-state index in [0.29, 0.717) is 30.9 Å². The van der Waals surface area contributed by atoms with E-state index in [1.54, 1.807) is 24.7 Å². The molecule has 3 rings (SSSR count). The van der Waals surface area contributed by atoms with Crippen LogP contribution in [0.3, 0.4) is 0 Å². The minimum atomic E-state index is -4.05. The Kier molecular flexibility index (Phi) is 6.15. The molecule has 1 aromatic rings. The summed E-state index contributed by atoms with van der Waals surface area (Å²) in [6.45, 7) is 7.52. The van der Waals surface area contributed by atoms with Crippen LogP contribution >= 0.6 is 0 Å². The fraction of sp³-hybridized carbons (Fsp3) is 0.556. The van der Waals surface area contributed by atoms with Crippen LogP contribution in [0.4, 0.5) is 4.79 Å². The molecule has 2 aliphatic rings. The number of amides is 2. The lowest BCUT2D eigenvalue weighted by atomic mass is 10.1. The molecule has 0 radical (unpaired) electrons. The third-order valence-corrected chi connectivity index (χ3v) is 6.35. The molecule has 1 fully saturated rings. The van der Waals surface area contributed by atoms with Gasteiger partial charge >= 0.3 is 16.3 Å². The van der Waals surface area contributed by atoms with Gasteiger partial charge in [-0.3, -0.25) is 9.48 Å². The number of allylic oxidation sites excluding steroid dienone is 1. The van der Waals surface area contributed by atoms with Gasteiger partial charge in [-0.1, -0.05) is 0 Å². The quantitative estimate of drug-likeness (QED) is 0.671. The van der Waals surface area contributed by atoms with Crippen LogP contribution in [0.1, 0.15) is 25.1 Å². The molecule has 0 unspecified atom stereocenters. The summed E-state index contributed by atoms with van der Waals surface area (Å²) < 4.78 is 36.6. The van der Waals surface area contributed by atoms with Gasteiger partial charge in [0.2, 0.25) is 0 Å². The Hall–Kier alpha value is -2.89. The van der Waals surface area contributed by atoms with Crippen molar-refractivity contribution in [1.29, 1.82) is 0 Å². The first-order chi connectivity index (χ1) is 14.2. The lowest BCUT2D eigenvalue weighted by Gasteiger charge is -2.35. The Balaban J connectivity index is 1.84. The SMILES string of the molecule is CCOC(=O)N1CCN(C(=O)C2=CC(c3cn(CC)nc3C)=NS(=O)(=O)N2C)CC1. The van der Waals surface area contributed by atoms with Gasteiger partial charge in [-0.2, -0.15) is 13.5 Å². The molecule has 1 aromatic heterocycles. The molecule has 11 nitrogen and oxygen atoms in total. The van der Waals surface area contributed by atoms with E-state index in [4.69, 9.17) is 4.74 Å². The number of hydrogen-bond acceptors (Lipinski definition) is 6. The molecule has 0 saturated carbocycles. The van der Waals surface area contributed by atoms with Crippen molar-refractivity contribution in [3.8, 4) is 0 Å². The Morgan fingerprint density at radius 2 is 1.77 bits per heavy atom. The van der Waals surface area contributed by atoms with Gasteiger partial charge in [0.25, 0.3) is 5.91 Å². The fourth-order valence-corrected chi connectivity index (χ4v) is 4.18. The van der Waals surface area contributed by atoms with Crippen molar-refractivity contribution in [3.63, 3.8) is 0 Å². The summed E-state index contributed by atoms with van der Waals surface area (Å²) in [5.74, 6) is -0.433. The monoisotopic (exact) mass is 438 g/mol. The van der Waals surface area contributed by atoms with E-state index in [9.17, 15) is 18.0 Å². The summed E-state index contributed by atoms with van der Waals surface area (Å²) in [5, 5.41) is 4.32. The number of rotatable bonds is 4. The average molecular weight is 439 g/mol. The van der Waals surface area contributed by atoms with Crippen molar-refractivity contribution < 1.29 is 22.7 Å². The first kappa shape index (κ1) is 21.8. The molecule has 2 amide bonds. The molecule has 0 aliphatic carbocycles. The summed E-state index contributed by atoms with van der Waals surface area (Å²) in [6.07, 6.45) is 2.77. The van der Waals surface area contributed by atoms with Gasteiger partial charge in [-0.05, 0) is 26.8 Å². The smallest absolute Gasteiger partial charge is 0.409 e. The summed E-state index contributed by atoms with van der Waals surface area (Å²) in [4.78, 5) is 28.0. The number of nitrogens with zero attached hydrogens (tertiary/aromatic N) is 6. The Bertz CT molecular complexity index is 1000. The molecular formula is C18H26N6O5S. The number of piperazine rings is 1. The van der Waals surface area contributed by atoms with Gasteiger partial charge in [0.05, 0.1) is 18.0 Å². The first-order valence-corrected chi connectivity index (χ1v) is 11.1. The molecule has 164 valence electrons. The normalized spacial score (nSPS) is 18.7. The molecule has 3 heterocycles. The first-order valence-electron chi connectivity index (χ1n) is 9.73. The number of aryl methyl sites for hydroxylation is 2. The summed E-state index contributed by atoms with van der Waals surface area (Å²) in [6, 6.07) is 0. The minimum Gasteiger partial charge on any atom is -0.450 e. The van der Waals surface area contributed by atoms with E-state index in [2.05, 4.69) is 9.50 Å². The third kappa shape index (κ3) is 4.18. The van der Waals surface area contributed by atoms with E-state index < -0.39 is 22.2 Å². The van der Waals surface area contributed by atoms with Crippen LogP contribution in [-0.4, -0.2) is 89.8 Å². The highest BCUT2D eigenvalue weighted by Gasteiger charge is 2.34. The standard InChI is InChI=1S/C18H26N6O5S/c1-5-24-12-14(13(3)19-24)15-11-16(21(4)30(27,28)20-15)17(25)22-7-9-23(10-8-22)18(26)29-6-2/h11-12H,5-10H2,1-4H3. The maximum absolute atomic E-state index is 13.1.